The third-order valence-electron chi connectivity index (χ3n) is 3.15. The number of hydrogen-bond acceptors (Lipinski definition) is 1. The number of benzene rings is 1. The summed E-state index contributed by atoms with van der Waals surface area (Å²) in [6, 6.07) is 5.55. The van der Waals surface area contributed by atoms with Crippen molar-refractivity contribution in [2.75, 3.05) is 6.54 Å². The molecule has 2 unspecified atom stereocenters. The van der Waals surface area contributed by atoms with Crippen LogP contribution in [0.1, 0.15) is 29.6 Å². The highest BCUT2D eigenvalue weighted by Crippen LogP contribution is 2.28. The van der Waals surface area contributed by atoms with Gasteiger partial charge in [0.2, 0.25) is 0 Å². The van der Waals surface area contributed by atoms with Crippen LogP contribution >= 0.6 is 43.5 Å². The fraction of sp³-hybridized carbons (Fsp3) is 0.462. The molecule has 0 saturated heterocycles. The smallest absolute Gasteiger partial charge is 0.251 e. The lowest BCUT2D eigenvalue weighted by atomic mass is 10.1. The summed E-state index contributed by atoms with van der Waals surface area (Å²) in [4.78, 5) is 12.0. The second kappa shape index (κ2) is 6.40. The maximum Gasteiger partial charge on any atom is 0.251 e. The number of amides is 1. The summed E-state index contributed by atoms with van der Waals surface area (Å²) in [5.74, 6) is 0.488. The zero-order valence-corrected chi connectivity index (χ0v) is 13.7. The number of alkyl halides is 1. The fourth-order valence-corrected chi connectivity index (χ4v) is 3.90. The van der Waals surface area contributed by atoms with Crippen molar-refractivity contribution in [3.63, 3.8) is 0 Å². The number of carbonyl (C=O) groups is 1. The van der Waals surface area contributed by atoms with E-state index in [2.05, 4.69) is 37.2 Å². The molecule has 5 heteroatoms. The predicted octanol–water partition coefficient (Wildman–Crippen LogP) is 4.35. The number of halogens is 3. The summed E-state index contributed by atoms with van der Waals surface area (Å²) in [6.07, 6.45) is 3.17. The number of rotatable bonds is 3. The highest BCUT2D eigenvalue weighted by atomic mass is 79.9. The third-order valence-corrected chi connectivity index (χ3v) is 4.47. The molecule has 98 valence electrons. The number of nitrogens with one attached hydrogen (secondary N) is 1. The zero-order valence-electron chi connectivity index (χ0n) is 9.76. The summed E-state index contributed by atoms with van der Waals surface area (Å²) in [5.41, 5.74) is 0.664. The van der Waals surface area contributed by atoms with Crippen LogP contribution in [0.5, 0.6) is 0 Å². The van der Waals surface area contributed by atoms with Crippen molar-refractivity contribution in [2.24, 2.45) is 5.92 Å². The average molecular weight is 396 g/mol. The van der Waals surface area contributed by atoms with Gasteiger partial charge in [-0.25, -0.2) is 0 Å². The van der Waals surface area contributed by atoms with Crippen molar-refractivity contribution >= 4 is 49.4 Å². The monoisotopic (exact) mass is 393 g/mol. The Labute approximate surface area is 129 Å². The SMILES string of the molecule is O=C(NCC1CCC(Cl)C1)c1cc(Br)cc(Br)c1. The summed E-state index contributed by atoms with van der Waals surface area (Å²) in [5, 5.41) is 3.26. The van der Waals surface area contributed by atoms with E-state index in [1.165, 1.54) is 0 Å². The van der Waals surface area contributed by atoms with Crippen molar-refractivity contribution in [2.45, 2.75) is 24.6 Å². The van der Waals surface area contributed by atoms with Gasteiger partial charge in [0, 0.05) is 26.4 Å². The normalized spacial score (nSPS) is 23.1. The highest BCUT2D eigenvalue weighted by molar-refractivity contribution is 9.11. The molecule has 0 bridgehead atoms. The van der Waals surface area contributed by atoms with Gasteiger partial charge in [-0.3, -0.25) is 4.79 Å². The fourth-order valence-electron chi connectivity index (χ4n) is 2.22. The molecule has 2 atom stereocenters. The van der Waals surface area contributed by atoms with Gasteiger partial charge in [0.15, 0.2) is 0 Å². The van der Waals surface area contributed by atoms with E-state index in [-0.39, 0.29) is 11.3 Å². The first kappa shape index (κ1) is 14.4. The molecular formula is C13H14Br2ClNO. The summed E-state index contributed by atoms with van der Waals surface area (Å²) < 4.78 is 1.78. The molecule has 1 aromatic carbocycles. The molecule has 0 radical (unpaired) electrons. The van der Waals surface area contributed by atoms with E-state index in [0.717, 1.165) is 28.2 Å². The van der Waals surface area contributed by atoms with E-state index >= 15 is 0 Å². The van der Waals surface area contributed by atoms with Crippen LogP contribution in [-0.2, 0) is 0 Å². The minimum absolute atomic E-state index is 0.0324. The van der Waals surface area contributed by atoms with E-state index in [0.29, 0.717) is 18.0 Å². The molecule has 0 aromatic heterocycles. The largest absolute Gasteiger partial charge is 0.352 e. The lowest BCUT2D eigenvalue weighted by Crippen LogP contribution is -2.28. The first-order valence-corrected chi connectivity index (χ1v) is 7.95. The van der Waals surface area contributed by atoms with Gasteiger partial charge in [0.05, 0.1) is 0 Å². The molecule has 1 aromatic rings. The highest BCUT2D eigenvalue weighted by Gasteiger charge is 2.23. The molecule has 1 saturated carbocycles. The van der Waals surface area contributed by atoms with Crippen molar-refractivity contribution < 1.29 is 4.79 Å². The molecule has 2 rings (SSSR count). The molecule has 2 nitrogen and oxygen atoms in total. The van der Waals surface area contributed by atoms with Crippen molar-refractivity contribution in [1.82, 2.24) is 5.32 Å². The molecule has 0 spiro atoms. The molecule has 0 aliphatic heterocycles. The molecule has 1 aliphatic carbocycles. The Hall–Kier alpha value is -0.0600. The van der Waals surface area contributed by atoms with Gasteiger partial charge in [0.1, 0.15) is 0 Å². The Morgan fingerprint density at radius 2 is 1.94 bits per heavy atom. The van der Waals surface area contributed by atoms with Crippen LogP contribution in [0.15, 0.2) is 27.1 Å². The summed E-state index contributed by atoms with van der Waals surface area (Å²) in [6.45, 7) is 0.714. The Kier molecular flexibility index (Phi) is 5.10. The van der Waals surface area contributed by atoms with Crippen LogP contribution in [0.3, 0.4) is 0 Å². The van der Waals surface area contributed by atoms with Crippen LogP contribution in [0.4, 0.5) is 0 Å². The second-order valence-electron chi connectivity index (χ2n) is 4.64. The maximum atomic E-state index is 12.0. The molecule has 1 aliphatic rings. The molecule has 1 amide bonds. The van der Waals surface area contributed by atoms with Crippen molar-refractivity contribution in [3.05, 3.63) is 32.7 Å². The van der Waals surface area contributed by atoms with Crippen LogP contribution in [0, 0.1) is 5.92 Å². The van der Waals surface area contributed by atoms with Gasteiger partial charge in [-0.1, -0.05) is 31.9 Å². The number of hydrogen-bond donors (Lipinski definition) is 1. The predicted molar refractivity (Wildman–Crippen MR) is 81.2 cm³/mol. The Balaban J connectivity index is 1.91. The quantitative estimate of drug-likeness (QED) is 0.758. The van der Waals surface area contributed by atoms with Gasteiger partial charge in [-0.2, -0.15) is 0 Å². The van der Waals surface area contributed by atoms with Crippen molar-refractivity contribution in [3.8, 4) is 0 Å². The van der Waals surface area contributed by atoms with Gasteiger partial charge < -0.3 is 5.32 Å². The van der Waals surface area contributed by atoms with Gasteiger partial charge in [0.25, 0.3) is 5.91 Å². The van der Waals surface area contributed by atoms with E-state index in [4.69, 9.17) is 11.6 Å². The lowest BCUT2D eigenvalue weighted by molar-refractivity contribution is 0.0947. The standard InChI is InChI=1S/C13H14Br2ClNO/c14-10-4-9(5-11(15)6-10)13(18)17-7-8-1-2-12(16)3-8/h4-6,8,12H,1-3,7H2,(H,17,18). The van der Waals surface area contributed by atoms with Crippen LogP contribution < -0.4 is 5.32 Å². The van der Waals surface area contributed by atoms with Crippen LogP contribution in [0.25, 0.3) is 0 Å². The average Bonchev–Trinajstić information content (AvgIpc) is 2.70. The van der Waals surface area contributed by atoms with E-state index in [9.17, 15) is 4.79 Å². The van der Waals surface area contributed by atoms with Crippen LogP contribution in [0.2, 0.25) is 0 Å². The van der Waals surface area contributed by atoms with Crippen LogP contribution in [-0.4, -0.2) is 17.8 Å². The topological polar surface area (TPSA) is 29.1 Å². The molecule has 1 fully saturated rings. The zero-order chi connectivity index (χ0) is 13.1. The lowest BCUT2D eigenvalue weighted by Gasteiger charge is -2.11. The Morgan fingerprint density at radius 1 is 1.28 bits per heavy atom. The minimum atomic E-state index is -0.0324. The third kappa shape index (κ3) is 3.97. The van der Waals surface area contributed by atoms with Gasteiger partial charge in [-0.15, -0.1) is 11.6 Å². The maximum absolute atomic E-state index is 12.0. The number of carbonyl (C=O) groups excluding carboxylic acids is 1. The molecule has 0 heterocycles. The Morgan fingerprint density at radius 3 is 2.50 bits per heavy atom. The Bertz CT molecular complexity index is 432. The molecule has 18 heavy (non-hydrogen) atoms. The van der Waals surface area contributed by atoms with E-state index in [1.807, 2.05) is 18.2 Å². The first-order chi connectivity index (χ1) is 8.54. The first-order valence-electron chi connectivity index (χ1n) is 5.93. The van der Waals surface area contributed by atoms with E-state index < -0.39 is 0 Å². The van der Waals surface area contributed by atoms with E-state index in [1.54, 1.807) is 0 Å². The molecular weight excluding hydrogens is 381 g/mol. The summed E-state index contributed by atoms with van der Waals surface area (Å²) >= 11 is 12.8. The minimum Gasteiger partial charge on any atom is -0.352 e. The second-order valence-corrected chi connectivity index (χ2v) is 7.09. The van der Waals surface area contributed by atoms with Gasteiger partial charge in [-0.05, 0) is 43.4 Å². The van der Waals surface area contributed by atoms with Crippen molar-refractivity contribution in [1.29, 1.82) is 0 Å². The van der Waals surface area contributed by atoms with Gasteiger partial charge >= 0.3 is 0 Å². The molecule has 1 N–H and O–H groups in total. The summed E-state index contributed by atoms with van der Waals surface area (Å²) in [7, 11) is 0.